The first-order valence-electron chi connectivity index (χ1n) is 4.37. The van der Waals surface area contributed by atoms with Gasteiger partial charge < -0.3 is 5.32 Å². The third-order valence-electron chi connectivity index (χ3n) is 1.93. The van der Waals surface area contributed by atoms with Crippen molar-refractivity contribution in [2.24, 2.45) is 0 Å². The second kappa shape index (κ2) is 5.10. The number of nitrogens with one attached hydrogen (secondary N) is 2. The molecule has 0 fully saturated rings. The van der Waals surface area contributed by atoms with Crippen molar-refractivity contribution in [3.8, 4) is 6.07 Å². The zero-order valence-corrected chi connectivity index (χ0v) is 8.60. The average Bonchev–Trinajstić information content (AvgIpc) is 2.17. The van der Waals surface area contributed by atoms with Gasteiger partial charge in [-0.1, -0.05) is 11.6 Å². The summed E-state index contributed by atoms with van der Waals surface area (Å²) in [6, 6.07) is 1.61. The smallest absolute Gasteiger partial charge is 0.225 e. The molecular weight excluding hydrogens is 202 g/mol. The van der Waals surface area contributed by atoms with Crippen molar-refractivity contribution >= 4 is 10.0 Å². The van der Waals surface area contributed by atoms with E-state index in [2.05, 4.69) is 10.0 Å². The van der Waals surface area contributed by atoms with Crippen LogP contribution in [0, 0.1) is 11.3 Å². The first-order chi connectivity index (χ1) is 6.64. The van der Waals surface area contributed by atoms with Gasteiger partial charge in [0.15, 0.2) is 5.75 Å². The normalized spacial score (nSPS) is 17.2. The van der Waals surface area contributed by atoms with Crippen LogP contribution in [-0.4, -0.2) is 33.8 Å². The number of hydrogen-bond donors (Lipinski definition) is 2. The molecule has 1 aliphatic heterocycles. The third-order valence-corrected chi connectivity index (χ3v) is 3.02. The van der Waals surface area contributed by atoms with Gasteiger partial charge in [-0.05, 0) is 13.0 Å². The Morgan fingerprint density at radius 1 is 1.64 bits per heavy atom. The summed E-state index contributed by atoms with van der Waals surface area (Å²) in [5.41, 5.74) is 1.07. The highest BCUT2D eigenvalue weighted by Gasteiger charge is 2.10. The van der Waals surface area contributed by atoms with E-state index in [1.165, 1.54) is 0 Å². The van der Waals surface area contributed by atoms with Gasteiger partial charge in [-0.2, -0.15) is 5.26 Å². The lowest BCUT2D eigenvalue weighted by atomic mass is 10.1. The van der Waals surface area contributed by atoms with Gasteiger partial charge in [0.05, 0.1) is 6.07 Å². The van der Waals surface area contributed by atoms with Crippen LogP contribution in [0.5, 0.6) is 0 Å². The summed E-state index contributed by atoms with van der Waals surface area (Å²) in [6.45, 7) is 1.99. The van der Waals surface area contributed by atoms with Gasteiger partial charge in [-0.25, -0.2) is 13.1 Å². The molecule has 0 aromatic heterocycles. The van der Waals surface area contributed by atoms with Crippen molar-refractivity contribution in [1.29, 1.82) is 5.26 Å². The van der Waals surface area contributed by atoms with Gasteiger partial charge in [0.25, 0.3) is 0 Å². The van der Waals surface area contributed by atoms with Crippen LogP contribution in [0.1, 0.15) is 6.42 Å². The predicted octanol–water partition coefficient (Wildman–Crippen LogP) is -0.651. The molecule has 0 saturated heterocycles. The zero-order chi connectivity index (χ0) is 10.4. The fourth-order valence-electron chi connectivity index (χ4n) is 1.17. The quantitative estimate of drug-likeness (QED) is 0.610. The Hall–Kier alpha value is -0.900. The Morgan fingerprint density at radius 2 is 2.43 bits per heavy atom. The van der Waals surface area contributed by atoms with Crippen LogP contribution in [-0.2, 0) is 10.0 Å². The van der Waals surface area contributed by atoms with Crippen molar-refractivity contribution < 1.29 is 8.42 Å². The first kappa shape index (κ1) is 11.2. The topological polar surface area (TPSA) is 82.0 Å². The summed E-state index contributed by atoms with van der Waals surface area (Å²) in [5.74, 6) is -0.474. The zero-order valence-electron chi connectivity index (χ0n) is 7.78. The predicted molar refractivity (Wildman–Crippen MR) is 53.0 cm³/mol. The molecule has 2 N–H and O–H groups in total. The Balaban J connectivity index is 2.40. The molecule has 1 rings (SSSR count). The molecule has 5 nitrogen and oxygen atoms in total. The molecule has 6 heteroatoms. The largest absolute Gasteiger partial charge is 0.313 e. The second-order valence-corrected chi connectivity index (χ2v) is 4.86. The molecule has 0 spiro atoms. The van der Waals surface area contributed by atoms with Crippen molar-refractivity contribution in [2.75, 3.05) is 25.4 Å². The highest BCUT2D eigenvalue weighted by Crippen LogP contribution is 2.02. The van der Waals surface area contributed by atoms with Gasteiger partial charge in [0, 0.05) is 13.1 Å². The summed E-state index contributed by atoms with van der Waals surface area (Å²) >= 11 is 0. The molecule has 1 aliphatic rings. The highest BCUT2D eigenvalue weighted by molar-refractivity contribution is 7.89. The molecule has 1 heterocycles. The number of sulfonamides is 1. The Kier molecular flexibility index (Phi) is 4.07. The summed E-state index contributed by atoms with van der Waals surface area (Å²) < 4.78 is 24.6. The Labute approximate surface area is 83.9 Å². The lowest BCUT2D eigenvalue weighted by molar-refractivity contribution is 0.585. The van der Waals surface area contributed by atoms with Crippen molar-refractivity contribution in [2.45, 2.75) is 6.42 Å². The molecule has 0 atom stereocenters. The molecule has 0 bridgehead atoms. The minimum Gasteiger partial charge on any atom is -0.313 e. The average molecular weight is 215 g/mol. The minimum absolute atomic E-state index is 0.325. The monoisotopic (exact) mass is 215 g/mol. The van der Waals surface area contributed by atoms with Crippen LogP contribution in [0.25, 0.3) is 0 Å². The summed E-state index contributed by atoms with van der Waals surface area (Å²) in [6.07, 6.45) is 2.83. The molecule has 0 amide bonds. The van der Waals surface area contributed by atoms with Gasteiger partial charge in [0.2, 0.25) is 10.0 Å². The van der Waals surface area contributed by atoms with Crippen molar-refractivity contribution in [3.63, 3.8) is 0 Å². The summed E-state index contributed by atoms with van der Waals surface area (Å²) in [4.78, 5) is 0. The van der Waals surface area contributed by atoms with E-state index in [9.17, 15) is 8.42 Å². The van der Waals surface area contributed by atoms with E-state index >= 15 is 0 Å². The van der Waals surface area contributed by atoms with E-state index in [1.54, 1.807) is 6.07 Å². The number of nitrogens with zero attached hydrogens (tertiary/aromatic N) is 1. The fraction of sp³-hybridized carbons (Fsp3) is 0.625. The molecule has 78 valence electrons. The van der Waals surface area contributed by atoms with Crippen LogP contribution >= 0.6 is 0 Å². The number of rotatable bonds is 4. The standard InChI is InChI=1S/C8H13N3O2S/c9-3-6-14(12,13)11-7-8-1-4-10-5-2-8/h1,10-11H,2,4-7H2. The second-order valence-electron chi connectivity index (χ2n) is 3.05. The number of hydrogen-bond acceptors (Lipinski definition) is 4. The molecule has 0 aromatic carbocycles. The van der Waals surface area contributed by atoms with E-state index in [4.69, 9.17) is 5.26 Å². The molecule has 0 aromatic rings. The summed E-state index contributed by atoms with van der Waals surface area (Å²) in [7, 11) is -3.40. The third kappa shape index (κ3) is 3.87. The van der Waals surface area contributed by atoms with Crippen LogP contribution in [0.2, 0.25) is 0 Å². The fourth-order valence-corrected chi connectivity index (χ4v) is 1.85. The lowest BCUT2D eigenvalue weighted by Gasteiger charge is -2.13. The molecule has 0 unspecified atom stereocenters. The van der Waals surface area contributed by atoms with Crippen LogP contribution in [0.4, 0.5) is 0 Å². The van der Waals surface area contributed by atoms with Crippen LogP contribution < -0.4 is 10.0 Å². The molecule has 0 saturated carbocycles. The molecule has 0 radical (unpaired) electrons. The van der Waals surface area contributed by atoms with Gasteiger partial charge in [-0.3, -0.25) is 0 Å². The minimum atomic E-state index is -3.40. The highest BCUT2D eigenvalue weighted by atomic mass is 32.2. The van der Waals surface area contributed by atoms with Gasteiger partial charge in [0.1, 0.15) is 0 Å². The number of nitriles is 1. The van der Waals surface area contributed by atoms with E-state index < -0.39 is 15.8 Å². The molecule has 14 heavy (non-hydrogen) atoms. The molecule has 0 aliphatic carbocycles. The van der Waals surface area contributed by atoms with Gasteiger partial charge in [-0.15, -0.1) is 0 Å². The Morgan fingerprint density at radius 3 is 3.00 bits per heavy atom. The maximum atomic E-state index is 11.1. The van der Waals surface area contributed by atoms with Crippen LogP contribution in [0.15, 0.2) is 11.6 Å². The van der Waals surface area contributed by atoms with Crippen LogP contribution in [0.3, 0.4) is 0 Å². The molecular formula is C8H13N3O2S. The summed E-state index contributed by atoms with van der Waals surface area (Å²) in [5, 5.41) is 11.4. The SMILES string of the molecule is N#CCS(=O)(=O)NCC1=CCNCC1. The maximum Gasteiger partial charge on any atom is 0.225 e. The van der Waals surface area contributed by atoms with E-state index in [0.29, 0.717) is 6.54 Å². The van der Waals surface area contributed by atoms with E-state index in [1.807, 2.05) is 6.08 Å². The Bertz CT molecular complexity index is 353. The van der Waals surface area contributed by atoms with Crippen molar-refractivity contribution in [1.82, 2.24) is 10.0 Å². The first-order valence-corrected chi connectivity index (χ1v) is 6.02. The maximum absolute atomic E-state index is 11.1. The van der Waals surface area contributed by atoms with E-state index in [-0.39, 0.29) is 0 Å². The van der Waals surface area contributed by atoms with Crippen molar-refractivity contribution in [3.05, 3.63) is 11.6 Å². The van der Waals surface area contributed by atoms with E-state index in [0.717, 1.165) is 25.1 Å². The van der Waals surface area contributed by atoms with Gasteiger partial charge >= 0.3 is 0 Å². The lowest BCUT2D eigenvalue weighted by Crippen LogP contribution is -2.30.